The number of nitrogens with two attached hydrogens (primary N) is 1. The summed E-state index contributed by atoms with van der Waals surface area (Å²) in [4.78, 5) is 2.31. The molecule has 1 heterocycles. The molecule has 0 aliphatic heterocycles. The quantitative estimate of drug-likeness (QED) is 0.789. The molecule has 3 nitrogen and oxygen atoms in total. The molecular formula is C12H21N3. The molecule has 1 aliphatic carbocycles. The van der Waals surface area contributed by atoms with Crippen molar-refractivity contribution in [2.24, 2.45) is 18.7 Å². The van der Waals surface area contributed by atoms with E-state index in [1.165, 1.54) is 17.7 Å². The first kappa shape index (κ1) is 10.7. The fourth-order valence-corrected chi connectivity index (χ4v) is 2.62. The highest BCUT2D eigenvalue weighted by Crippen LogP contribution is 2.35. The van der Waals surface area contributed by atoms with Crippen molar-refractivity contribution in [3.63, 3.8) is 0 Å². The van der Waals surface area contributed by atoms with E-state index in [1.807, 2.05) is 0 Å². The molecule has 0 radical (unpaired) electrons. The topological polar surface area (TPSA) is 34.2 Å². The molecular weight excluding hydrogens is 186 g/mol. The van der Waals surface area contributed by atoms with Crippen molar-refractivity contribution in [3.05, 3.63) is 23.5 Å². The van der Waals surface area contributed by atoms with Gasteiger partial charge in [-0.05, 0) is 51.0 Å². The summed E-state index contributed by atoms with van der Waals surface area (Å²) in [6.45, 7) is 0.801. The maximum Gasteiger partial charge on any atom is 0.0363 e. The van der Waals surface area contributed by atoms with Gasteiger partial charge in [-0.15, -0.1) is 0 Å². The fraction of sp³-hybridized carbons (Fsp3) is 0.667. The van der Waals surface area contributed by atoms with Crippen LogP contribution in [0.2, 0.25) is 0 Å². The molecule has 84 valence electrons. The Morgan fingerprint density at radius 3 is 2.87 bits per heavy atom. The summed E-state index contributed by atoms with van der Waals surface area (Å²) in [7, 11) is 6.44. The van der Waals surface area contributed by atoms with Crippen molar-refractivity contribution in [2.75, 3.05) is 20.6 Å². The van der Waals surface area contributed by atoms with Gasteiger partial charge in [0.2, 0.25) is 0 Å². The maximum absolute atomic E-state index is 5.81. The Kier molecular flexibility index (Phi) is 2.85. The highest BCUT2D eigenvalue weighted by molar-refractivity contribution is 5.29. The van der Waals surface area contributed by atoms with Gasteiger partial charge in [0.05, 0.1) is 0 Å². The summed E-state index contributed by atoms with van der Waals surface area (Å²) in [5.41, 5.74) is 8.77. The molecule has 0 bridgehead atoms. The van der Waals surface area contributed by atoms with E-state index in [1.54, 1.807) is 0 Å². The van der Waals surface area contributed by atoms with Crippen LogP contribution in [-0.2, 0) is 13.5 Å². The number of hydrogen-bond acceptors (Lipinski definition) is 2. The van der Waals surface area contributed by atoms with Gasteiger partial charge < -0.3 is 15.2 Å². The Hall–Kier alpha value is -0.800. The van der Waals surface area contributed by atoms with Gasteiger partial charge in [-0.2, -0.15) is 0 Å². The van der Waals surface area contributed by atoms with E-state index in [2.05, 4.69) is 42.9 Å². The predicted octanol–water partition coefficient (Wildman–Crippen LogP) is 1.15. The van der Waals surface area contributed by atoms with Gasteiger partial charge in [0, 0.05) is 25.0 Å². The first-order valence-corrected chi connectivity index (χ1v) is 5.64. The summed E-state index contributed by atoms with van der Waals surface area (Å²) in [5.74, 6) is 0.637. The first-order valence-electron chi connectivity index (χ1n) is 5.64. The molecule has 2 N–H and O–H groups in total. The number of aryl methyl sites for hydroxylation is 1. The second-order valence-corrected chi connectivity index (χ2v) is 4.85. The average Bonchev–Trinajstić information content (AvgIpc) is 2.59. The van der Waals surface area contributed by atoms with Crippen LogP contribution in [0.3, 0.4) is 0 Å². The normalized spacial score (nSPS) is 25.7. The standard InChI is InChI=1S/C12H21N3/c1-14(2)11-6-9(8-13)7-12-10(11)4-5-15(12)3/h4-5,9,11H,6-8,13H2,1-3H3. The van der Waals surface area contributed by atoms with Crippen molar-refractivity contribution in [1.82, 2.24) is 9.47 Å². The lowest BCUT2D eigenvalue weighted by Crippen LogP contribution is -2.32. The molecule has 15 heavy (non-hydrogen) atoms. The monoisotopic (exact) mass is 207 g/mol. The molecule has 0 aromatic carbocycles. The van der Waals surface area contributed by atoms with Crippen molar-refractivity contribution >= 4 is 0 Å². The second-order valence-electron chi connectivity index (χ2n) is 4.85. The zero-order chi connectivity index (χ0) is 11.0. The SMILES string of the molecule is CN(C)C1CC(CN)Cc2c1ccn2C. The third-order valence-electron chi connectivity index (χ3n) is 3.59. The van der Waals surface area contributed by atoms with Gasteiger partial charge in [-0.25, -0.2) is 0 Å². The maximum atomic E-state index is 5.81. The zero-order valence-electron chi connectivity index (χ0n) is 9.90. The van der Waals surface area contributed by atoms with Crippen LogP contribution in [0, 0.1) is 5.92 Å². The lowest BCUT2D eigenvalue weighted by atomic mass is 9.84. The van der Waals surface area contributed by atoms with Crippen LogP contribution in [0.15, 0.2) is 12.3 Å². The summed E-state index contributed by atoms with van der Waals surface area (Å²) in [6.07, 6.45) is 4.50. The number of hydrogen-bond donors (Lipinski definition) is 1. The molecule has 2 atom stereocenters. The van der Waals surface area contributed by atoms with Crippen LogP contribution >= 0.6 is 0 Å². The van der Waals surface area contributed by atoms with Crippen molar-refractivity contribution in [3.8, 4) is 0 Å². The average molecular weight is 207 g/mol. The molecule has 0 saturated carbocycles. The van der Waals surface area contributed by atoms with Gasteiger partial charge in [-0.3, -0.25) is 0 Å². The smallest absolute Gasteiger partial charge is 0.0363 e. The summed E-state index contributed by atoms with van der Waals surface area (Å²) in [5, 5.41) is 0. The summed E-state index contributed by atoms with van der Waals surface area (Å²) in [6, 6.07) is 2.80. The van der Waals surface area contributed by atoms with Crippen LogP contribution in [0.1, 0.15) is 23.7 Å². The molecule has 2 unspecified atom stereocenters. The van der Waals surface area contributed by atoms with E-state index in [0.717, 1.165) is 13.0 Å². The molecule has 3 heteroatoms. The van der Waals surface area contributed by atoms with Crippen LogP contribution < -0.4 is 5.73 Å². The molecule has 1 aromatic rings. The molecule has 1 aliphatic rings. The lowest BCUT2D eigenvalue weighted by molar-refractivity contribution is 0.230. The summed E-state index contributed by atoms with van der Waals surface area (Å²) < 4.78 is 2.24. The van der Waals surface area contributed by atoms with E-state index in [4.69, 9.17) is 5.73 Å². The highest BCUT2D eigenvalue weighted by atomic mass is 15.1. The predicted molar refractivity (Wildman–Crippen MR) is 62.7 cm³/mol. The number of nitrogens with zero attached hydrogens (tertiary/aromatic N) is 2. The Morgan fingerprint density at radius 1 is 1.53 bits per heavy atom. The third kappa shape index (κ3) is 1.82. The second kappa shape index (κ2) is 3.99. The molecule has 0 fully saturated rings. The van der Waals surface area contributed by atoms with E-state index in [0.29, 0.717) is 12.0 Å². The third-order valence-corrected chi connectivity index (χ3v) is 3.59. The van der Waals surface area contributed by atoms with Crippen LogP contribution in [0.5, 0.6) is 0 Å². The lowest BCUT2D eigenvalue weighted by Gasteiger charge is -2.33. The molecule has 1 aromatic heterocycles. The Labute approximate surface area is 91.9 Å². The summed E-state index contributed by atoms with van der Waals surface area (Å²) >= 11 is 0. The largest absolute Gasteiger partial charge is 0.354 e. The van der Waals surface area contributed by atoms with Crippen LogP contribution in [0.4, 0.5) is 0 Å². The van der Waals surface area contributed by atoms with Crippen LogP contribution in [0.25, 0.3) is 0 Å². The zero-order valence-corrected chi connectivity index (χ0v) is 9.90. The first-order chi connectivity index (χ1) is 7.13. The van der Waals surface area contributed by atoms with Crippen LogP contribution in [-0.4, -0.2) is 30.1 Å². The Bertz CT molecular complexity index is 341. The number of fused-ring (bicyclic) bond motifs is 1. The molecule has 0 spiro atoms. The van der Waals surface area contributed by atoms with Gasteiger partial charge in [0.15, 0.2) is 0 Å². The Morgan fingerprint density at radius 2 is 2.27 bits per heavy atom. The minimum Gasteiger partial charge on any atom is -0.354 e. The van der Waals surface area contributed by atoms with Gasteiger partial charge in [0.25, 0.3) is 0 Å². The highest BCUT2D eigenvalue weighted by Gasteiger charge is 2.29. The molecule has 0 saturated heterocycles. The van der Waals surface area contributed by atoms with Crippen molar-refractivity contribution < 1.29 is 0 Å². The van der Waals surface area contributed by atoms with Crippen molar-refractivity contribution in [1.29, 1.82) is 0 Å². The Balaban J connectivity index is 2.35. The number of aromatic nitrogens is 1. The number of rotatable bonds is 2. The van der Waals surface area contributed by atoms with Gasteiger partial charge in [-0.1, -0.05) is 0 Å². The van der Waals surface area contributed by atoms with E-state index >= 15 is 0 Å². The minimum atomic E-state index is 0.545. The fourth-order valence-electron chi connectivity index (χ4n) is 2.62. The van der Waals surface area contributed by atoms with Gasteiger partial charge in [0.1, 0.15) is 0 Å². The van der Waals surface area contributed by atoms with E-state index in [9.17, 15) is 0 Å². The minimum absolute atomic E-state index is 0.545. The van der Waals surface area contributed by atoms with Gasteiger partial charge >= 0.3 is 0 Å². The molecule has 0 amide bonds. The van der Waals surface area contributed by atoms with Crippen molar-refractivity contribution in [2.45, 2.75) is 18.9 Å². The van der Waals surface area contributed by atoms with E-state index < -0.39 is 0 Å². The molecule has 2 rings (SSSR count). The van der Waals surface area contributed by atoms with E-state index in [-0.39, 0.29) is 0 Å².